The second kappa shape index (κ2) is 8.69. The molecule has 0 spiro atoms. The number of para-hydroxylation sites is 2. The van der Waals surface area contributed by atoms with E-state index in [1.54, 1.807) is 29.0 Å². The van der Waals surface area contributed by atoms with E-state index >= 15 is 0 Å². The Kier molecular flexibility index (Phi) is 5.43. The molecule has 2 aromatic heterocycles. The molecular weight excluding hydrogens is 478 g/mol. The smallest absolute Gasteiger partial charge is 0.259 e. The zero-order valence-electron chi connectivity index (χ0n) is 17.2. The minimum absolute atomic E-state index is 0.218. The summed E-state index contributed by atoms with van der Waals surface area (Å²) in [7, 11) is 0. The number of hydrogen-bond acceptors (Lipinski definition) is 4. The lowest BCUT2D eigenvalue weighted by Gasteiger charge is -2.03. The van der Waals surface area contributed by atoms with Crippen LogP contribution in [0.1, 0.15) is 11.4 Å². The van der Waals surface area contributed by atoms with Crippen LogP contribution < -0.4 is 5.56 Å². The van der Waals surface area contributed by atoms with Gasteiger partial charge in [-0.25, -0.2) is 9.67 Å². The number of aromatic nitrogens is 4. The van der Waals surface area contributed by atoms with Crippen LogP contribution in [0.2, 0.25) is 0 Å². The Morgan fingerprint density at radius 1 is 1.00 bits per heavy atom. The molecule has 33 heavy (non-hydrogen) atoms. The van der Waals surface area contributed by atoms with Gasteiger partial charge in [0, 0.05) is 21.8 Å². The van der Waals surface area contributed by atoms with Gasteiger partial charge in [0.1, 0.15) is 6.07 Å². The lowest BCUT2D eigenvalue weighted by molar-refractivity contribution is 0.884. The number of nitrogens with zero attached hydrogens (tertiary/aromatic N) is 4. The maximum atomic E-state index is 12.5. The van der Waals surface area contributed by atoms with Gasteiger partial charge in [0.05, 0.1) is 27.9 Å². The normalized spacial score (nSPS) is 11.5. The first kappa shape index (κ1) is 20.6. The predicted molar refractivity (Wildman–Crippen MR) is 133 cm³/mol. The fourth-order valence-corrected chi connectivity index (χ4v) is 3.83. The summed E-state index contributed by atoms with van der Waals surface area (Å²) in [6, 6.07) is 26.8. The van der Waals surface area contributed by atoms with Crippen LogP contribution in [0, 0.1) is 11.3 Å². The molecule has 5 rings (SSSR count). The second-order valence-corrected chi connectivity index (χ2v) is 8.24. The van der Waals surface area contributed by atoms with E-state index in [2.05, 4.69) is 32.0 Å². The first-order valence-corrected chi connectivity index (χ1v) is 10.9. The molecular formula is C26H16BrN5O. The van der Waals surface area contributed by atoms with Crippen molar-refractivity contribution >= 4 is 38.5 Å². The molecule has 0 saturated carbocycles. The summed E-state index contributed by atoms with van der Waals surface area (Å²) in [5.41, 5.74) is 3.72. The highest BCUT2D eigenvalue weighted by molar-refractivity contribution is 9.10. The van der Waals surface area contributed by atoms with Crippen molar-refractivity contribution < 1.29 is 0 Å². The summed E-state index contributed by atoms with van der Waals surface area (Å²) in [5.74, 6) is 0.218. The van der Waals surface area contributed by atoms with Gasteiger partial charge < -0.3 is 4.98 Å². The van der Waals surface area contributed by atoms with Crippen LogP contribution in [-0.2, 0) is 0 Å². The van der Waals surface area contributed by atoms with Crippen molar-refractivity contribution in [2.75, 3.05) is 0 Å². The van der Waals surface area contributed by atoms with E-state index < -0.39 is 0 Å². The molecule has 5 aromatic rings. The molecule has 0 bridgehead atoms. The van der Waals surface area contributed by atoms with Crippen molar-refractivity contribution in [2.24, 2.45) is 0 Å². The molecule has 0 atom stereocenters. The molecule has 0 aliphatic rings. The van der Waals surface area contributed by atoms with Gasteiger partial charge in [-0.2, -0.15) is 10.4 Å². The molecule has 0 saturated heterocycles. The largest absolute Gasteiger partial charge is 0.305 e. The van der Waals surface area contributed by atoms with Crippen molar-refractivity contribution in [1.29, 1.82) is 5.26 Å². The van der Waals surface area contributed by atoms with E-state index in [1.165, 1.54) is 0 Å². The number of nitriles is 1. The van der Waals surface area contributed by atoms with Crippen molar-refractivity contribution in [3.63, 3.8) is 0 Å². The van der Waals surface area contributed by atoms with Crippen LogP contribution in [0.3, 0.4) is 0 Å². The van der Waals surface area contributed by atoms with Gasteiger partial charge in [-0.05, 0) is 42.5 Å². The Bertz CT molecular complexity index is 1590. The van der Waals surface area contributed by atoms with E-state index in [4.69, 9.17) is 5.10 Å². The highest BCUT2D eigenvalue weighted by Crippen LogP contribution is 2.28. The summed E-state index contributed by atoms with van der Waals surface area (Å²) in [6.45, 7) is 0. The van der Waals surface area contributed by atoms with Crippen molar-refractivity contribution in [3.8, 4) is 23.0 Å². The second-order valence-electron chi connectivity index (χ2n) is 7.32. The molecule has 3 aromatic carbocycles. The minimum atomic E-state index is -0.287. The topological polar surface area (TPSA) is 87.4 Å². The van der Waals surface area contributed by atoms with E-state index in [1.807, 2.05) is 66.9 Å². The van der Waals surface area contributed by atoms with Crippen molar-refractivity contribution in [2.45, 2.75) is 0 Å². The van der Waals surface area contributed by atoms with Crippen LogP contribution in [-0.4, -0.2) is 19.7 Å². The molecule has 0 amide bonds. The van der Waals surface area contributed by atoms with Gasteiger partial charge in [-0.1, -0.05) is 58.4 Å². The highest BCUT2D eigenvalue weighted by atomic mass is 79.9. The van der Waals surface area contributed by atoms with Crippen LogP contribution in [0.5, 0.6) is 0 Å². The summed E-state index contributed by atoms with van der Waals surface area (Å²) >= 11 is 3.46. The fraction of sp³-hybridized carbons (Fsp3) is 0. The van der Waals surface area contributed by atoms with Gasteiger partial charge >= 0.3 is 0 Å². The van der Waals surface area contributed by atoms with Gasteiger partial charge in [0.2, 0.25) is 0 Å². The summed E-state index contributed by atoms with van der Waals surface area (Å²) in [4.78, 5) is 19.8. The third kappa shape index (κ3) is 4.12. The Morgan fingerprint density at radius 2 is 1.73 bits per heavy atom. The highest BCUT2D eigenvalue weighted by Gasteiger charge is 2.14. The van der Waals surface area contributed by atoms with Gasteiger partial charge in [0.25, 0.3) is 5.56 Å². The number of halogens is 1. The first-order chi connectivity index (χ1) is 16.1. The Hall–Kier alpha value is -4.28. The van der Waals surface area contributed by atoms with E-state index in [9.17, 15) is 10.1 Å². The third-order valence-corrected chi connectivity index (χ3v) is 5.70. The maximum Gasteiger partial charge on any atom is 0.259 e. The Balaban J connectivity index is 1.68. The first-order valence-electron chi connectivity index (χ1n) is 10.1. The zero-order valence-corrected chi connectivity index (χ0v) is 18.8. The number of allylic oxidation sites excluding steroid dienone is 1. The third-order valence-electron chi connectivity index (χ3n) is 5.17. The van der Waals surface area contributed by atoms with Crippen molar-refractivity contribution in [3.05, 3.63) is 111 Å². The summed E-state index contributed by atoms with van der Waals surface area (Å²) in [6.07, 6.45) is 3.57. The molecule has 0 fully saturated rings. The molecule has 158 valence electrons. The Labute approximate surface area is 197 Å². The summed E-state index contributed by atoms with van der Waals surface area (Å²) in [5, 5.41) is 15.2. The van der Waals surface area contributed by atoms with Crippen LogP contribution >= 0.6 is 15.9 Å². The van der Waals surface area contributed by atoms with Gasteiger partial charge in [0.15, 0.2) is 5.82 Å². The quantitative estimate of drug-likeness (QED) is 0.330. The molecule has 0 radical (unpaired) electrons. The van der Waals surface area contributed by atoms with Gasteiger partial charge in [-0.15, -0.1) is 0 Å². The molecule has 0 aliphatic carbocycles. The number of H-pyrrole nitrogens is 1. The molecule has 2 heterocycles. The molecule has 6 nitrogen and oxygen atoms in total. The number of hydrogen-bond donors (Lipinski definition) is 1. The van der Waals surface area contributed by atoms with E-state index in [-0.39, 0.29) is 17.0 Å². The number of fused-ring (bicyclic) bond motifs is 1. The summed E-state index contributed by atoms with van der Waals surface area (Å²) < 4.78 is 2.73. The van der Waals surface area contributed by atoms with Crippen molar-refractivity contribution in [1.82, 2.24) is 19.7 Å². The number of rotatable bonds is 4. The maximum absolute atomic E-state index is 12.5. The molecule has 0 aliphatic heterocycles. The monoisotopic (exact) mass is 493 g/mol. The van der Waals surface area contributed by atoms with E-state index in [0.29, 0.717) is 16.6 Å². The van der Waals surface area contributed by atoms with Gasteiger partial charge in [-0.3, -0.25) is 4.79 Å². The Morgan fingerprint density at radius 3 is 2.48 bits per heavy atom. The fourth-order valence-electron chi connectivity index (χ4n) is 3.56. The lowest BCUT2D eigenvalue weighted by atomic mass is 10.1. The van der Waals surface area contributed by atoms with E-state index in [0.717, 1.165) is 21.3 Å². The average Bonchev–Trinajstić information content (AvgIpc) is 3.27. The number of aromatic amines is 1. The number of benzene rings is 3. The van der Waals surface area contributed by atoms with Crippen LogP contribution in [0.4, 0.5) is 0 Å². The molecule has 0 unspecified atom stereocenters. The lowest BCUT2D eigenvalue weighted by Crippen LogP contribution is -2.11. The van der Waals surface area contributed by atoms with Crippen LogP contribution in [0.25, 0.3) is 39.5 Å². The molecule has 1 N–H and O–H groups in total. The standard InChI is InChI=1S/C26H16BrN5O/c27-20-12-10-17(11-13-20)24-19(16-32(31-24)21-6-2-1-3-7-21)14-18(15-28)25-29-23-9-5-4-8-22(23)26(33)30-25/h1-14,16H,(H,29,30,33)/b18-14-. The average molecular weight is 494 g/mol. The minimum Gasteiger partial charge on any atom is -0.305 e. The zero-order chi connectivity index (χ0) is 22.8. The predicted octanol–water partition coefficient (Wildman–Crippen LogP) is 5.60. The number of nitrogens with one attached hydrogen (secondary N) is 1. The SMILES string of the molecule is N#C/C(=C/c1cn(-c2ccccc2)nc1-c1ccc(Br)cc1)c1nc2ccccc2c(=O)[nH]1. The van der Waals surface area contributed by atoms with Crippen LogP contribution in [0.15, 0.2) is 94.3 Å². The molecule has 7 heteroatoms.